The molecule has 0 spiro atoms. The summed E-state index contributed by atoms with van der Waals surface area (Å²) in [6, 6.07) is 19.6. The molecule has 1 aliphatic rings. The van der Waals surface area contributed by atoms with Crippen molar-refractivity contribution in [1.82, 2.24) is 4.57 Å². The van der Waals surface area contributed by atoms with Crippen LogP contribution in [0, 0.1) is 0 Å². The second-order valence-electron chi connectivity index (χ2n) is 9.23. The Morgan fingerprint density at radius 3 is 2.20 bits per heavy atom. The van der Waals surface area contributed by atoms with Gasteiger partial charge in [-0.2, -0.15) is 13.2 Å². The fourth-order valence-corrected chi connectivity index (χ4v) is 4.96. The number of amides is 1. The largest absolute Gasteiger partial charge is 0.417 e. The van der Waals surface area contributed by atoms with Crippen molar-refractivity contribution in [2.75, 3.05) is 10.6 Å². The Labute approximate surface area is 247 Å². The topological polar surface area (TPSA) is 80.2 Å². The van der Waals surface area contributed by atoms with Crippen LogP contribution in [0.3, 0.4) is 0 Å². The van der Waals surface area contributed by atoms with Crippen molar-refractivity contribution in [3.05, 3.63) is 119 Å². The maximum Gasteiger partial charge on any atom is 0.417 e. The average molecular weight is 621 g/mol. The molecule has 0 radical (unpaired) electrons. The molecule has 0 bridgehead atoms. The molecule has 1 amide bonds. The van der Waals surface area contributed by atoms with Crippen molar-refractivity contribution in [2.24, 2.45) is 0 Å². The van der Waals surface area contributed by atoms with Crippen LogP contribution in [0.1, 0.15) is 54.1 Å². The Hall–Kier alpha value is -3.79. The van der Waals surface area contributed by atoms with Crippen LogP contribution >= 0.6 is 34.8 Å². The van der Waals surface area contributed by atoms with E-state index in [4.69, 9.17) is 34.8 Å². The first-order chi connectivity index (χ1) is 19.3. The zero-order chi connectivity index (χ0) is 29.5. The summed E-state index contributed by atoms with van der Waals surface area (Å²) in [5, 5.41) is 5.68. The lowest BCUT2D eigenvalue weighted by molar-refractivity contribution is -0.137. The van der Waals surface area contributed by atoms with Gasteiger partial charge >= 0.3 is 6.18 Å². The predicted octanol–water partition coefficient (Wildman–Crippen LogP) is 7.71. The number of Topliss-reactive ketones (excluding diaryl/α,β-unsaturated/α-hetero) is 2. The number of nitrogens with zero attached hydrogens (tertiary/aromatic N) is 1. The van der Waals surface area contributed by atoms with Gasteiger partial charge in [-0.1, -0.05) is 65.1 Å². The second kappa shape index (κ2) is 10.9. The third kappa shape index (κ3) is 5.84. The first-order valence-electron chi connectivity index (χ1n) is 12.1. The van der Waals surface area contributed by atoms with E-state index in [9.17, 15) is 27.6 Å². The normalized spacial score (nSPS) is 14.7. The Balaban J connectivity index is 1.44. The molecule has 1 unspecified atom stereocenters. The number of ketones is 2. The number of para-hydroxylation sites is 1. The zero-order valence-corrected chi connectivity index (χ0v) is 23.1. The second-order valence-corrected chi connectivity index (χ2v) is 11.5. The summed E-state index contributed by atoms with van der Waals surface area (Å²) in [5.74, 6) is -2.05. The quantitative estimate of drug-likeness (QED) is 0.177. The SMILES string of the molecule is O=C(Nc1ccc(C(=O)C2Nc3ccccc3Cn3c(C(=O)C(Cl)(Cl)Cl)ccc32)cc1)c1ccccc1C(F)(F)F. The van der Waals surface area contributed by atoms with Crippen LogP contribution in [0.5, 0.6) is 0 Å². The number of halogens is 6. The first-order valence-corrected chi connectivity index (χ1v) is 13.2. The number of carbonyl (C=O) groups excluding carboxylic acids is 3. The molecule has 3 aromatic carbocycles. The van der Waals surface area contributed by atoms with Gasteiger partial charge in [0.25, 0.3) is 9.70 Å². The van der Waals surface area contributed by atoms with Gasteiger partial charge in [-0.3, -0.25) is 14.4 Å². The van der Waals surface area contributed by atoms with Gasteiger partial charge in [0, 0.05) is 22.6 Å². The van der Waals surface area contributed by atoms with Gasteiger partial charge in [-0.15, -0.1) is 0 Å². The lowest BCUT2D eigenvalue weighted by Gasteiger charge is -2.19. The number of alkyl halides is 6. The van der Waals surface area contributed by atoms with E-state index in [2.05, 4.69) is 10.6 Å². The van der Waals surface area contributed by atoms with Crippen LogP contribution in [0.25, 0.3) is 0 Å². The molecule has 5 rings (SSSR count). The van der Waals surface area contributed by atoms with Gasteiger partial charge in [-0.05, 0) is 60.2 Å². The molecular formula is C29H19Cl3F3N3O3. The molecule has 41 heavy (non-hydrogen) atoms. The molecule has 2 heterocycles. The predicted molar refractivity (Wildman–Crippen MR) is 151 cm³/mol. The summed E-state index contributed by atoms with van der Waals surface area (Å²) in [6.07, 6.45) is -4.70. The van der Waals surface area contributed by atoms with Crippen molar-refractivity contribution in [3.63, 3.8) is 0 Å². The van der Waals surface area contributed by atoms with Crippen LogP contribution in [-0.4, -0.2) is 25.8 Å². The Bertz CT molecular complexity index is 1660. The molecular weight excluding hydrogens is 602 g/mol. The number of carbonyl (C=O) groups is 3. The zero-order valence-electron chi connectivity index (χ0n) is 20.8. The van der Waals surface area contributed by atoms with Crippen LogP contribution in [0.4, 0.5) is 24.5 Å². The van der Waals surface area contributed by atoms with E-state index >= 15 is 0 Å². The van der Waals surface area contributed by atoms with Gasteiger partial charge in [0.05, 0.1) is 23.4 Å². The third-order valence-corrected chi connectivity index (χ3v) is 7.13. The van der Waals surface area contributed by atoms with E-state index in [1.54, 1.807) is 22.8 Å². The Kier molecular flexibility index (Phi) is 7.63. The van der Waals surface area contributed by atoms with E-state index in [1.165, 1.54) is 42.5 Å². The average Bonchev–Trinajstić information content (AvgIpc) is 3.26. The summed E-state index contributed by atoms with van der Waals surface area (Å²) in [6.45, 7) is 0.238. The monoisotopic (exact) mass is 619 g/mol. The first kappa shape index (κ1) is 28.7. The molecule has 0 saturated carbocycles. The van der Waals surface area contributed by atoms with E-state index in [0.717, 1.165) is 17.7 Å². The number of benzene rings is 3. The standard InChI is InChI=1S/C29H19Cl3F3N3O3/c30-28(31,32)26(40)23-14-13-22-24(37-21-8-4-1-5-17(21)15-38(22)23)25(39)16-9-11-18(12-10-16)36-27(41)19-6-2-3-7-20(19)29(33,34)35/h1-14,24,37H,15H2,(H,36,41). The Morgan fingerprint density at radius 1 is 0.854 bits per heavy atom. The van der Waals surface area contributed by atoms with Gasteiger partial charge in [0.1, 0.15) is 6.04 Å². The lowest BCUT2D eigenvalue weighted by atomic mass is 10.0. The minimum atomic E-state index is -4.70. The highest BCUT2D eigenvalue weighted by atomic mass is 35.6. The highest BCUT2D eigenvalue weighted by Gasteiger charge is 2.37. The summed E-state index contributed by atoms with van der Waals surface area (Å²) in [5.41, 5.74) is 0.921. The van der Waals surface area contributed by atoms with Crippen molar-refractivity contribution in [3.8, 4) is 0 Å². The highest BCUT2D eigenvalue weighted by Crippen LogP contribution is 2.36. The van der Waals surface area contributed by atoms with E-state index in [-0.39, 0.29) is 29.3 Å². The van der Waals surface area contributed by atoms with Crippen molar-refractivity contribution >= 4 is 63.7 Å². The van der Waals surface area contributed by atoms with Crippen molar-refractivity contribution in [1.29, 1.82) is 0 Å². The van der Waals surface area contributed by atoms with Gasteiger partial charge in [0.15, 0.2) is 5.78 Å². The highest BCUT2D eigenvalue weighted by molar-refractivity contribution is 6.77. The molecule has 0 fully saturated rings. The number of hydrogen-bond donors (Lipinski definition) is 2. The number of aromatic nitrogens is 1. The smallest absolute Gasteiger partial charge is 0.370 e. The molecule has 1 aliphatic heterocycles. The fraction of sp³-hybridized carbons (Fsp3) is 0.138. The van der Waals surface area contributed by atoms with E-state index < -0.39 is 38.8 Å². The number of rotatable bonds is 5. The molecule has 2 N–H and O–H groups in total. The van der Waals surface area contributed by atoms with E-state index in [0.29, 0.717) is 11.4 Å². The minimum Gasteiger partial charge on any atom is -0.370 e. The summed E-state index contributed by atoms with van der Waals surface area (Å²) >= 11 is 17.6. The maximum atomic E-state index is 13.8. The lowest BCUT2D eigenvalue weighted by Crippen LogP contribution is -2.26. The number of hydrogen-bond acceptors (Lipinski definition) is 4. The third-order valence-electron chi connectivity index (χ3n) is 6.61. The van der Waals surface area contributed by atoms with Gasteiger partial charge in [0.2, 0.25) is 5.78 Å². The molecule has 0 aliphatic carbocycles. The van der Waals surface area contributed by atoms with Crippen molar-refractivity contribution < 1.29 is 27.6 Å². The Morgan fingerprint density at radius 2 is 1.51 bits per heavy atom. The molecule has 210 valence electrons. The fourth-order valence-electron chi connectivity index (χ4n) is 4.67. The molecule has 12 heteroatoms. The molecule has 1 atom stereocenters. The van der Waals surface area contributed by atoms with Crippen molar-refractivity contribution in [2.45, 2.75) is 22.6 Å². The van der Waals surface area contributed by atoms with E-state index in [1.807, 2.05) is 12.1 Å². The van der Waals surface area contributed by atoms with Crippen LogP contribution in [-0.2, 0) is 12.7 Å². The summed E-state index contributed by atoms with van der Waals surface area (Å²) in [4.78, 5) is 39.2. The summed E-state index contributed by atoms with van der Waals surface area (Å²) < 4.78 is 39.4. The van der Waals surface area contributed by atoms with Crippen LogP contribution in [0.15, 0.2) is 84.9 Å². The number of fused-ring (bicyclic) bond motifs is 2. The summed E-state index contributed by atoms with van der Waals surface area (Å²) in [7, 11) is 0. The maximum absolute atomic E-state index is 13.8. The van der Waals surface area contributed by atoms with Gasteiger partial charge in [-0.25, -0.2) is 0 Å². The molecule has 0 saturated heterocycles. The number of nitrogens with one attached hydrogen (secondary N) is 2. The van der Waals surface area contributed by atoms with Crippen LogP contribution < -0.4 is 10.6 Å². The molecule has 6 nitrogen and oxygen atoms in total. The molecule has 4 aromatic rings. The van der Waals surface area contributed by atoms with Crippen LogP contribution in [0.2, 0.25) is 0 Å². The number of anilines is 2. The molecule has 1 aromatic heterocycles. The van der Waals surface area contributed by atoms with Gasteiger partial charge < -0.3 is 15.2 Å². The minimum absolute atomic E-state index is 0.119.